The number of ether oxygens (including phenoxy) is 1. The van der Waals surface area contributed by atoms with E-state index < -0.39 is 0 Å². The third kappa shape index (κ3) is 2.64. The molecule has 0 saturated heterocycles. The summed E-state index contributed by atoms with van der Waals surface area (Å²) >= 11 is 0. The van der Waals surface area contributed by atoms with Crippen molar-refractivity contribution in [1.29, 1.82) is 0 Å². The van der Waals surface area contributed by atoms with Gasteiger partial charge in [-0.15, -0.1) is 0 Å². The molecule has 0 aliphatic rings. The van der Waals surface area contributed by atoms with E-state index in [9.17, 15) is 0 Å². The molecule has 2 N–H and O–H groups in total. The molecule has 0 unspecified atom stereocenters. The molecule has 1 aromatic carbocycles. The van der Waals surface area contributed by atoms with Gasteiger partial charge in [-0.25, -0.2) is 0 Å². The zero-order valence-electron chi connectivity index (χ0n) is 11.1. The maximum atomic E-state index is 5.80. The Kier molecular flexibility index (Phi) is 3.55. The summed E-state index contributed by atoms with van der Waals surface area (Å²) in [4.78, 5) is 0. The summed E-state index contributed by atoms with van der Waals surface area (Å²) < 4.78 is 7.67. The van der Waals surface area contributed by atoms with Crippen LogP contribution in [-0.4, -0.2) is 9.78 Å². The molecule has 0 spiro atoms. The second-order valence-corrected chi connectivity index (χ2v) is 4.42. The molecular formula is C14H19N3O. The van der Waals surface area contributed by atoms with Crippen LogP contribution in [0.3, 0.4) is 0 Å². The lowest BCUT2D eigenvalue weighted by molar-refractivity contribution is 0.293. The van der Waals surface area contributed by atoms with E-state index in [0.717, 1.165) is 34.8 Å². The van der Waals surface area contributed by atoms with Crippen molar-refractivity contribution in [3.8, 4) is 5.75 Å². The van der Waals surface area contributed by atoms with E-state index in [0.29, 0.717) is 6.61 Å². The highest BCUT2D eigenvalue weighted by Crippen LogP contribution is 2.21. The smallest absolute Gasteiger partial charge is 0.130 e. The van der Waals surface area contributed by atoms with Gasteiger partial charge in [-0.2, -0.15) is 5.10 Å². The van der Waals surface area contributed by atoms with Gasteiger partial charge >= 0.3 is 0 Å². The fourth-order valence-corrected chi connectivity index (χ4v) is 1.87. The van der Waals surface area contributed by atoms with Gasteiger partial charge in [0.05, 0.1) is 11.4 Å². The van der Waals surface area contributed by atoms with Crippen molar-refractivity contribution in [2.45, 2.75) is 26.9 Å². The second kappa shape index (κ2) is 5.12. The van der Waals surface area contributed by atoms with E-state index in [2.05, 4.69) is 18.1 Å². The van der Waals surface area contributed by atoms with E-state index in [1.807, 2.05) is 36.9 Å². The first kappa shape index (κ1) is 12.5. The van der Waals surface area contributed by atoms with Crippen molar-refractivity contribution < 1.29 is 4.74 Å². The number of nitrogens with two attached hydrogens (primary N) is 1. The average molecular weight is 245 g/mol. The average Bonchev–Trinajstić information content (AvgIpc) is 2.69. The van der Waals surface area contributed by atoms with E-state index in [4.69, 9.17) is 10.5 Å². The van der Waals surface area contributed by atoms with Gasteiger partial charge in [-0.05, 0) is 43.2 Å². The molecule has 0 bridgehead atoms. The predicted molar refractivity (Wildman–Crippen MR) is 72.5 cm³/mol. The van der Waals surface area contributed by atoms with Gasteiger partial charge in [0.15, 0.2) is 0 Å². The molecule has 0 atom stereocenters. The maximum Gasteiger partial charge on any atom is 0.130 e. The normalized spacial score (nSPS) is 10.6. The summed E-state index contributed by atoms with van der Waals surface area (Å²) in [5.74, 6) is 0.864. The lowest BCUT2D eigenvalue weighted by Gasteiger charge is -2.09. The molecule has 4 nitrogen and oxygen atoms in total. The van der Waals surface area contributed by atoms with Gasteiger partial charge in [0, 0.05) is 12.7 Å². The van der Waals surface area contributed by atoms with E-state index in [1.54, 1.807) is 0 Å². The summed E-state index contributed by atoms with van der Waals surface area (Å²) in [6, 6.07) is 7.74. The number of anilines is 1. The molecule has 0 fully saturated rings. The van der Waals surface area contributed by atoms with Crippen molar-refractivity contribution in [2.75, 3.05) is 5.73 Å². The Hall–Kier alpha value is -1.97. The fourth-order valence-electron chi connectivity index (χ4n) is 1.87. The van der Waals surface area contributed by atoms with Crippen molar-refractivity contribution >= 4 is 5.69 Å². The first-order valence-electron chi connectivity index (χ1n) is 6.11. The molecule has 2 aromatic rings. The van der Waals surface area contributed by atoms with E-state index in [1.165, 1.54) is 0 Å². The van der Waals surface area contributed by atoms with Crippen LogP contribution in [0.1, 0.15) is 23.9 Å². The van der Waals surface area contributed by atoms with Crippen molar-refractivity contribution in [3.05, 3.63) is 41.2 Å². The van der Waals surface area contributed by atoms with Crippen LogP contribution in [0.5, 0.6) is 5.75 Å². The monoisotopic (exact) mass is 245 g/mol. The lowest BCUT2D eigenvalue weighted by Crippen LogP contribution is -2.03. The van der Waals surface area contributed by atoms with Crippen LogP contribution >= 0.6 is 0 Å². The van der Waals surface area contributed by atoms with Crippen LogP contribution < -0.4 is 10.5 Å². The van der Waals surface area contributed by atoms with Crippen LogP contribution in [0, 0.1) is 6.92 Å². The molecule has 18 heavy (non-hydrogen) atoms. The van der Waals surface area contributed by atoms with E-state index >= 15 is 0 Å². The molecule has 0 aliphatic carbocycles. The standard InChI is InChI=1S/C14H19N3O/c1-4-12-8-13(17(3)16-12)9-18-14-6-5-11(15)7-10(14)2/h5-8H,4,9,15H2,1-3H3. The Labute approximate surface area is 107 Å². The minimum Gasteiger partial charge on any atom is -0.487 e. The molecule has 0 aliphatic heterocycles. The summed E-state index contributed by atoms with van der Waals surface area (Å²) in [6.07, 6.45) is 0.939. The summed E-state index contributed by atoms with van der Waals surface area (Å²) in [7, 11) is 1.94. The molecule has 0 saturated carbocycles. The van der Waals surface area contributed by atoms with Gasteiger partial charge in [-0.1, -0.05) is 6.92 Å². The van der Waals surface area contributed by atoms with Crippen LogP contribution in [0.25, 0.3) is 0 Å². The fraction of sp³-hybridized carbons (Fsp3) is 0.357. The maximum absolute atomic E-state index is 5.80. The highest BCUT2D eigenvalue weighted by atomic mass is 16.5. The van der Waals surface area contributed by atoms with Gasteiger partial charge in [-0.3, -0.25) is 4.68 Å². The Morgan fingerprint density at radius 1 is 1.33 bits per heavy atom. The zero-order valence-corrected chi connectivity index (χ0v) is 11.1. The molecule has 0 radical (unpaired) electrons. The quantitative estimate of drug-likeness (QED) is 0.842. The topological polar surface area (TPSA) is 53.1 Å². The molecule has 4 heteroatoms. The molecular weight excluding hydrogens is 226 g/mol. The number of hydrogen-bond donors (Lipinski definition) is 1. The van der Waals surface area contributed by atoms with Crippen molar-refractivity contribution in [3.63, 3.8) is 0 Å². The number of benzene rings is 1. The van der Waals surface area contributed by atoms with Gasteiger partial charge in [0.2, 0.25) is 0 Å². The van der Waals surface area contributed by atoms with E-state index in [-0.39, 0.29) is 0 Å². The lowest BCUT2D eigenvalue weighted by atomic mass is 10.2. The number of hydrogen-bond acceptors (Lipinski definition) is 3. The molecule has 96 valence electrons. The van der Waals surface area contributed by atoms with Gasteiger partial charge in [0.25, 0.3) is 0 Å². The van der Waals surface area contributed by atoms with Crippen molar-refractivity contribution in [2.24, 2.45) is 7.05 Å². The van der Waals surface area contributed by atoms with Crippen LogP contribution in [0.2, 0.25) is 0 Å². The second-order valence-electron chi connectivity index (χ2n) is 4.42. The molecule has 0 amide bonds. The number of nitrogen functional groups attached to an aromatic ring is 1. The molecule has 1 heterocycles. The van der Waals surface area contributed by atoms with Crippen molar-refractivity contribution in [1.82, 2.24) is 9.78 Å². The van der Waals surface area contributed by atoms with Crippen LogP contribution in [0.4, 0.5) is 5.69 Å². The highest BCUT2D eigenvalue weighted by Gasteiger charge is 2.06. The Balaban J connectivity index is 2.08. The Bertz CT molecular complexity index is 546. The third-order valence-corrected chi connectivity index (χ3v) is 2.96. The van der Waals surface area contributed by atoms with Gasteiger partial charge < -0.3 is 10.5 Å². The van der Waals surface area contributed by atoms with Crippen LogP contribution in [-0.2, 0) is 20.1 Å². The third-order valence-electron chi connectivity index (χ3n) is 2.96. The summed E-state index contributed by atoms with van der Waals surface area (Å²) in [5.41, 5.74) is 9.68. The zero-order chi connectivity index (χ0) is 13.1. The number of aryl methyl sites for hydroxylation is 3. The van der Waals surface area contributed by atoms with Gasteiger partial charge in [0.1, 0.15) is 12.4 Å². The summed E-state index contributed by atoms with van der Waals surface area (Å²) in [5, 5.41) is 4.39. The number of rotatable bonds is 4. The largest absolute Gasteiger partial charge is 0.487 e. The Morgan fingerprint density at radius 3 is 2.72 bits per heavy atom. The first-order valence-corrected chi connectivity index (χ1v) is 6.11. The number of aromatic nitrogens is 2. The van der Waals surface area contributed by atoms with Crippen LogP contribution in [0.15, 0.2) is 24.3 Å². The Morgan fingerprint density at radius 2 is 2.11 bits per heavy atom. The SMILES string of the molecule is CCc1cc(COc2ccc(N)cc2C)n(C)n1. The minimum absolute atomic E-state index is 0.522. The minimum atomic E-state index is 0.522. The predicted octanol–water partition coefficient (Wildman–Crippen LogP) is 2.45. The molecule has 1 aromatic heterocycles. The first-order chi connectivity index (χ1) is 8.60. The highest BCUT2D eigenvalue weighted by molar-refractivity contribution is 5.47. The number of nitrogens with zero attached hydrogens (tertiary/aromatic N) is 2. The summed E-state index contributed by atoms with van der Waals surface area (Å²) in [6.45, 7) is 4.61. The molecule has 2 rings (SSSR count).